The first kappa shape index (κ1) is 21.3. The Labute approximate surface area is 187 Å². The van der Waals surface area contributed by atoms with Gasteiger partial charge >= 0.3 is 0 Å². The summed E-state index contributed by atoms with van der Waals surface area (Å²) in [7, 11) is 2.19. The second-order valence-corrected chi connectivity index (χ2v) is 9.51. The van der Waals surface area contributed by atoms with E-state index in [1.807, 2.05) is 0 Å². The van der Waals surface area contributed by atoms with E-state index in [0.29, 0.717) is 5.92 Å². The molecule has 0 saturated heterocycles. The van der Waals surface area contributed by atoms with Gasteiger partial charge in [-0.3, -0.25) is 0 Å². The molecule has 3 aromatic carbocycles. The molecule has 0 unspecified atom stereocenters. The molecule has 0 spiro atoms. The monoisotopic (exact) mass is 408 g/mol. The molecule has 0 fully saturated rings. The Balaban J connectivity index is 1.89. The van der Waals surface area contributed by atoms with Crippen LogP contribution in [-0.2, 0) is 13.5 Å². The molecular weight excluding hydrogens is 374 g/mol. The van der Waals surface area contributed by atoms with Crippen molar-refractivity contribution in [3.63, 3.8) is 0 Å². The Kier molecular flexibility index (Phi) is 5.71. The highest BCUT2D eigenvalue weighted by molar-refractivity contribution is 5.94. The van der Waals surface area contributed by atoms with Crippen molar-refractivity contribution in [3.05, 3.63) is 88.6 Å². The van der Waals surface area contributed by atoms with Crippen LogP contribution in [0.2, 0.25) is 0 Å². The smallest absolute Gasteiger partial charge is 0.198 e. The molecule has 0 aliphatic carbocycles. The summed E-state index contributed by atoms with van der Waals surface area (Å²) in [5.74, 6) is 0.664. The van der Waals surface area contributed by atoms with Crippen LogP contribution < -0.4 is 4.57 Å². The van der Waals surface area contributed by atoms with Crippen LogP contribution in [-0.4, -0.2) is 0 Å². The zero-order valence-electron chi connectivity index (χ0n) is 20.0. The minimum absolute atomic E-state index is 0.664. The molecule has 4 aromatic rings. The van der Waals surface area contributed by atoms with E-state index in [-0.39, 0.29) is 0 Å². The van der Waals surface area contributed by atoms with Crippen molar-refractivity contribution in [2.75, 3.05) is 0 Å². The molecule has 1 heteroatoms. The van der Waals surface area contributed by atoms with Gasteiger partial charge in [-0.15, -0.1) is 0 Å². The minimum atomic E-state index is 0.664. The number of hydrogen-bond acceptors (Lipinski definition) is 0. The van der Waals surface area contributed by atoms with Crippen LogP contribution in [0, 0.1) is 33.6 Å². The maximum Gasteiger partial charge on any atom is 0.220 e. The molecule has 1 aromatic heterocycles. The van der Waals surface area contributed by atoms with E-state index < -0.39 is 0 Å². The maximum absolute atomic E-state index is 2.38. The van der Waals surface area contributed by atoms with Crippen LogP contribution in [0.5, 0.6) is 0 Å². The van der Waals surface area contributed by atoms with Gasteiger partial charge < -0.3 is 0 Å². The van der Waals surface area contributed by atoms with Crippen LogP contribution >= 0.6 is 0 Å². The Hall–Kier alpha value is -2.93. The summed E-state index contributed by atoms with van der Waals surface area (Å²) in [4.78, 5) is 0. The molecule has 0 radical (unpaired) electrons. The molecule has 4 rings (SSSR count). The molecule has 1 heterocycles. The summed E-state index contributed by atoms with van der Waals surface area (Å²) in [5, 5.41) is 2.66. The molecule has 31 heavy (non-hydrogen) atoms. The third-order valence-electron chi connectivity index (χ3n) is 6.50. The third-order valence-corrected chi connectivity index (χ3v) is 6.50. The number of aromatic nitrogens is 1. The van der Waals surface area contributed by atoms with Gasteiger partial charge in [0.15, 0.2) is 5.69 Å². The number of rotatable bonds is 4. The van der Waals surface area contributed by atoms with E-state index in [1.165, 1.54) is 61.1 Å². The fourth-order valence-corrected chi connectivity index (χ4v) is 4.90. The zero-order chi connectivity index (χ0) is 22.3. The maximum atomic E-state index is 2.38. The molecule has 0 aliphatic rings. The molecule has 0 bridgehead atoms. The predicted molar refractivity (Wildman–Crippen MR) is 133 cm³/mol. The summed E-state index contributed by atoms with van der Waals surface area (Å²) >= 11 is 0. The van der Waals surface area contributed by atoms with E-state index in [2.05, 4.69) is 114 Å². The number of hydrogen-bond donors (Lipinski definition) is 0. The van der Waals surface area contributed by atoms with E-state index in [0.717, 1.165) is 6.42 Å². The number of pyridine rings is 1. The van der Waals surface area contributed by atoms with E-state index in [1.54, 1.807) is 0 Å². The number of benzene rings is 3. The average Bonchev–Trinajstić information content (AvgIpc) is 2.69. The fraction of sp³-hybridized carbons (Fsp3) is 0.300. The van der Waals surface area contributed by atoms with Gasteiger partial charge in [0.05, 0.1) is 5.39 Å². The first-order chi connectivity index (χ1) is 14.8. The topological polar surface area (TPSA) is 3.88 Å². The second-order valence-electron chi connectivity index (χ2n) is 9.51. The van der Waals surface area contributed by atoms with E-state index >= 15 is 0 Å². The first-order valence-corrected chi connectivity index (χ1v) is 11.4. The van der Waals surface area contributed by atoms with Gasteiger partial charge in [0.1, 0.15) is 7.05 Å². The van der Waals surface area contributed by atoms with Crippen molar-refractivity contribution in [3.8, 4) is 22.4 Å². The normalized spacial score (nSPS) is 11.5. The Morgan fingerprint density at radius 1 is 0.774 bits per heavy atom. The lowest BCUT2D eigenvalue weighted by molar-refractivity contribution is -0.665. The van der Waals surface area contributed by atoms with Crippen molar-refractivity contribution >= 4 is 10.8 Å². The Morgan fingerprint density at radius 3 is 2.13 bits per heavy atom. The van der Waals surface area contributed by atoms with Crippen LogP contribution in [0.15, 0.2) is 60.7 Å². The lowest BCUT2D eigenvalue weighted by Crippen LogP contribution is -2.35. The van der Waals surface area contributed by atoms with Gasteiger partial charge in [0.2, 0.25) is 5.69 Å². The third kappa shape index (κ3) is 4.02. The van der Waals surface area contributed by atoms with Crippen LogP contribution in [0.25, 0.3) is 33.2 Å². The van der Waals surface area contributed by atoms with Gasteiger partial charge in [0, 0.05) is 18.6 Å². The van der Waals surface area contributed by atoms with Crippen molar-refractivity contribution < 1.29 is 4.57 Å². The van der Waals surface area contributed by atoms with E-state index in [4.69, 9.17) is 0 Å². The van der Waals surface area contributed by atoms with Crippen molar-refractivity contribution in [1.82, 2.24) is 0 Å². The number of aryl methyl sites for hydroxylation is 4. The van der Waals surface area contributed by atoms with Crippen molar-refractivity contribution in [2.24, 2.45) is 13.0 Å². The van der Waals surface area contributed by atoms with Crippen LogP contribution in [0.1, 0.15) is 41.8 Å². The zero-order valence-corrected chi connectivity index (χ0v) is 20.0. The lowest BCUT2D eigenvalue weighted by Gasteiger charge is -2.14. The highest BCUT2D eigenvalue weighted by Gasteiger charge is 2.20. The molecular formula is C30H34N+. The molecule has 1 nitrogen and oxygen atoms in total. The van der Waals surface area contributed by atoms with Gasteiger partial charge in [-0.05, 0) is 84.0 Å². The largest absolute Gasteiger partial charge is 0.220 e. The Bertz CT molecular complexity index is 1260. The van der Waals surface area contributed by atoms with Gasteiger partial charge in [-0.1, -0.05) is 56.3 Å². The number of nitrogens with zero attached hydrogens (tertiary/aromatic N) is 1. The molecule has 0 atom stereocenters. The quantitative estimate of drug-likeness (QED) is 0.309. The summed E-state index contributed by atoms with van der Waals surface area (Å²) in [6.07, 6.45) is 1.12. The molecule has 0 amide bonds. The van der Waals surface area contributed by atoms with Crippen molar-refractivity contribution in [1.29, 1.82) is 0 Å². The van der Waals surface area contributed by atoms with E-state index in [9.17, 15) is 0 Å². The minimum Gasteiger partial charge on any atom is -0.198 e. The predicted octanol–water partition coefficient (Wildman–Crippen LogP) is 7.43. The molecule has 0 saturated carbocycles. The molecule has 0 N–H and O–H groups in total. The fourth-order valence-electron chi connectivity index (χ4n) is 4.90. The van der Waals surface area contributed by atoms with Gasteiger partial charge in [-0.2, -0.15) is 4.57 Å². The molecule has 0 aliphatic heterocycles. The summed E-state index contributed by atoms with van der Waals surface area (Å²) in [5.41, 5.74) is 11.9. The number of fused-ring (bicyclic) bond motifs is 1. The summed E-state index contributed by atoms with van der Waals surface area (Å²) in [6, 6.07) is 22.8. The summed E-state index contributed by atoms with van der Waals surface area (Å²) in [6.45, 7) is 13.4. The van der Waals surface area contributed by atoms with Crippen LogP contribution in [0.3, 0.4) is 0 Å². The van der Waals surface area contributed by atoms with Crippen molar-refractivity contribution in [2.45, 2.75) is 48.0 Å². The Morgan fingerprint density at radius 2 is 1.48 bits per heavy atom. The highest BCUT2D eigenvalue weighted by atomic mass is 14.9. The SMILES string of the molecule is Cc1cc(-c2c(C)cccc2C)ccc1-c1c2ccc(CC(C)C)cc2cc(C)[n+]1C. The average molecular weight is 409 g/mol. The van der Waals surface area contributed by atoms with Gasteiger partial charge in [-0.25, -0.2) is 0 Å². The summed E-state index contributed by atoms with van der Waals surface area (Å²) < 4.78 is 2.34. The molecule has 158 valence electrons. The first-order valence-electron chi connectivity index (χ1n) is 11.4. The second kappa shape index (κ2) is 8.30. The highest BCUT2D eigenvalue weighted by Crippen LogP contribution is 2.34. The van der Waals surface area contributed by atoms with Crippen LogP contribution in [0.4, 0.5) is 0 Å². The standard InChI is InChI=1S/C30H34N/c1-19(2)15-24-11-13-28-26(18-24)17-23(6)31(7)30(28)27-14-12-25(16-22(27)5)29-20(3)9-8-10-21(29)4/h8-14,16-19H,15H2,1-7H3/q+1. The lowest BCUT2D eigenvalue weighted by atomic mass is 9.91. The van der Waals surface area contributed by atoms with Gasteiger partial charge in [0.25, 0.3) is 0 Å².